The van der Waals surface area contributed by atoms with E-state index in [1.165, 1.54) is 11.1 Å². The molecular weight excluding hydrogens is 348 g/mol. The fraction of sp³-hybridized carbons (Fsp3) is 0.391. The van der Waals surface area contributed by atoms with Gasteiger partial charge in [0.2, 0.25) is 0 Å². The monoisotopic (exact) mass is 374 g/mol. The summed E-state index contributed by atoms with van der Waals surface area (Å²) < 4.78 is 1.93. The van der Waals surface area contributed by atoms with Crippen LogP contribution in [0.15, 0.2) is 48.8 Å². The minimum atomic E-state index is 0.0574. The first-order valence-electron chi connectivity index (χ1n) is 10.0. The second kappa shape index (κ2) is 6.45. The summed E-state index contributed by atoms with van der Waals surface area (Å²) in [5, 5.41) is 0. The van der Waals surface area contributed by atoms with Crippen LogP contribution in [0.4, 0.5) is 0 Å². The molecule has 3 aromatic rings. The molecule has 0 saturated carbocycles. The summed E-state index contributed by atoms with van der Waals surface area (Å²) in [6.45, 7) is 6.90. The third-order valence-corrected chi connectivity index (χ3v) is 6.52. The van der Waals surface area contributed by atoms with E-state index in [0.29, 0.717) is 23.6 Å². The van der Waals surface area contributed by atoms with Gasteiger partial charge in [-0.2, -0.15) is 0 Å². The molecule has 2 aliphatic rings. The molecule has 144 valence electrons. The average molecular weight is 374 g/mol. The summed E-state index contributed by atoms with van der Waals surface area (Å²) in [7, 11) is 2.21. The Morgan fingerprint density at radius 3 is 2.75 bits per heavy atom. The number of amides is 1. The minimum Gasteiger partial charge on any atom is -0.337 e. The lowest BCUT2D eigenvalue weighted by molar-refractivity contribution is 0.0762. The van der Waals surface area contributed by atoms with Crippen LogP contribution in [0.25, 0.3) is 5.65 Å². The molecule has 0 N–H and O–H groups in total. The lowest BCUT2D eigenvalue weighted by atomic mass is 9.88. The highest BCUT2D eigenvalue weighted by atomic mass is 16.2. The van der Waals surface area contributed by atoms with Gasteiger partial charge in [-0.05, 0) is 55.6 Å². The third kappa shape index (κ3) is 2.73. The SMILES string of the molecule is Cc1ccn2cc(C(=O)N3C[C@@H]4CN(C)[C@@H](c5ccccc5C)[C@@H]4C3)nc2c1. The van der Waals surface area contributed by atoms with Crippen molar-refractivity contribution < 1.29 is 4.79 Å². The first-order valence-corrected chi connectivity index (χ1v) is 10.0. The van der Waals surface area contributed by atoms with Crippen LogP contribution in [0, 0.1) is 25.7 Å². The molecule has 0 radical (unpaired) electrons. The highest BCUT2D eigenvalue weighted by Gasteiger charge is 2.47. The van der Waals surface area contributed by atoms with Gasteiger partial charge >= 0.3 is 0 Å². The molecule has 0 spiro atoms. The number of rotatable bonds is 2. The zero-order valence-corrected chi connectivity index (χ0v) is 16.7. The molecule has 1 amide bonds. The summed E-state index contributed by atoms with van der Waals surface area (Å²) in [4.78, 5) is 22.2. The van der Waals surface area contributed by atoms with Crippen molar-refractivity contribution in [3.63, 3.8) is 0 Å². The van der Waals surface area contributed by atoms with Gasteiger partial charge in [0.25, 0.3) is 5.91 Å². The molecule has 5 heteroatoms. The molecule has 1 aromatic carbocycles. The van der Waals surface area contributed by atoms with Gasteiger partial charge in [-0.15, -0.1) is 0 Å². The summed E-state index contributed by atoms with van der Waals surface area (Å²) >= 11 is 0. The predicted octanol–water partition coefficient (Wildman–Crippen LogP) is 3.33. The maximum Gasteiger partial charge on any atom is 0.274 e. The van der Waals surface area contributed by atoms with Crippen molar-refractivity contribution in [2.45, 2.75) is 19.9 Å². The van der Waals surface area contributed by atoms with E-state index in [9.17, 15) is 4.79 Å². The smallest absolute Gasteiger partial charge is 0.274 e. The van der Waals surface area contributed by atoms with Crippen molar-refractivity contribution in [1.29, 1.82) is 0 Å². The van der Waals surface area contributed by atoms with Crippen molar-refractivity contribution in [2.75, 3.05) is 26.7 Å². The summed E-state index contributed by atoms with van der Waals surface area (Å²) in [6, 6.07) is 13.1. The molecular formula is C23H26N4O. The van der Waals surface area contributed by atoms with Gasteiger partial charge in [0.15, 0.2) is 0 Å². The fourth-order valence-corrected chi connectivity index (χ4v) is 5.16. The zero-order chi connectivity index (χ0) is 19.4. The first kappa shape index (κ1) is 17.4. The van der Waals surface area contributed by atoms with E-state index in [4.69, 9.17) is 0 Å². The Balaban J connectivity index is 1.40. The minimum absolute atomic E-state index is 0.0574. The van der Waals surface area contributed by atoms with E-state index >= 15 is 0 Å². The molecule has 2 aliphatic heterocycles. The van der Waals surface area contributed by atoms with Gasteiger partial charge in [0, 0.05) is 44.0 Å². The number of nitrogens with zero attached hydrogens (tertiary/aromatic N) is 4. The summed E-state index contributed by atoms with van der Waals surface area (Å²) in [5.41, 5.74) is 5.26. The Morgan fingerprint density at radius 1 is 1.11 bits per heavy atom. The molecule has 3 atom stereocenters. The first-order chi connectivity index (χ1) is 13.5. The molecule has 5 rings (SSSR count). The Kier molecular flexibility index (Phi) is 4.02. The fourth-order valence-electron chi connectivity index (χ4n) is 5.16. The predicted molar refractivity (Wildman–Crippen MR) is 109 cm³/mol. The summed E-state index contributed by atoms with van der Waals surface area (Å²) in [6.07, 6.45) is 3.83. The van der Waals surface area contributed by atoms with Crippen LogP contribution in [-0.4, -0.2) is 51.8 Å². The van der Waals surface area contributed by atoms with E-state index in [0.717, 1.165) is 30.8 Å². The standard InChI is InChI=1S/C23H26N4O/c1-15-8-9-26-14-20(24-21(26)10-15)23(28)27-12-17-11-25(3)22(19(17)13-27)18-7-5-4-6-16(18)2/h4-10,14,17,19,22H,11-13H2,1-3H3/t17-,19+,22-/m0/s1. The van der Waals surface area contributed by atoms with Crippen LogP contribution in [-0.2, 0) is 0 Å². The van der Waals surface area contributed by atoms with E-state index in [-0.39, 0.29) is 5.91 Å². The topological polar surface area (TPSA) is 40.9 Å². The number of imidazole rings is 1. The lowest BCUT2D eigenvalue weighted by Gasteiger charge is -2.27. The van der Waals surface area contributed by atoms with Gasteiger partial charge in [-0.25, -0.2) is 4.98 Å². The number of hydrogen-bond acceptors (Lipinski definition) is 3. The highest BCUT2D eigenvalue weighted by molar-refractivity contribution is 5.93. The van der Waals surface area contributed by atoms with Crippen LogP contribution in [0.5, 0.6) is 0 Å². The number of benzene rings is 1. The van der Waals surface area contributed by atoms with Crippen LogP contribution >= 0.6 is 0 Å². The number of hydrogen-bond donors (Lipinski definition) is 0. The van der Waals surface area contributed by atoms with Gasteiger partial charge in [-0.3, -0.25) is 9.69 Å². The number of likely N-dealkylation sites (tertiary alicyclic amines) is 2. The Bertz CT molecular complexity index is 1060. The second-order valence-electron chi connectivity index (χ2n) is 8.47. The van der Waals surface area contributed by atoms with Crippen LogP contribution in [0.2, 0.25) is 0 Å². The third-order valence-electron chi connectivity index (χ3n) is 6.52. The largest absolute Gasteiger partial charge is 0.337 e. The van der Waals surface area contributed by atoms with Crippen LogP contribution < -0.4 is 0 Å². The maximum absolute atomic E-state index is 13.2. The zero-order valence-electron chi connectivity index (χ0n) is 16.7. The number of aryl methyl sites for hydroxylation is 2. The molecule has 4 heterocycles. The number of aromatic nitrogens is 2. The second-order valence-corrected chi connectivity index (χ2v) is 8.47. The molecule has 5 nitrogen and oxygen atoms in total. The summed E-state index contributed by atoms with van der Waals surface area (Å²) in [5.74, 6) is 1.06. The Hall–Kier alpha value is -2.66. The quantitative estimate of drug-likeness (QED) is 0.691. The van der Waals surface area contributed by atoms with Crippen molar-refractivity contribution >= 4 is 11.6 Å². The Labute approximate surface area is 165 Å². The van der Waals surface area contributed by atoms with E-state index < -0.39 is 0 Å². The van der Waals surface area contributed by atoms with Gasteiger partial charge < -0.3 is 9.30 Å². The van der Waals surface area contributed by atoms with E-state index in [1.807, 2.05) is 40.8 Å². The normalized spacial score (nSPS) is 24.8. The molecule has 0 unspecified atom stereocenters. The molecule has 0 aliphatic carbocycles. The number of fused-ring (bicyclic) bond motifs is 2. The van der Waals surface area contributed by atoms with Crippen molar-refractivity contribution in [2.24, 2.45) is 11.8 Å². The number of carbonyl (C=O) groups is 1. The van der Waals surface area contributed by atoms with Crippen LogP contribution in [0.1, 0.15) is 33.2 Å². The van der Waals surface area contributed by atoms with Crippen LogP contribution in [0.3, 0.4) is 0 Å². The van der Waals surface area contributed by atoms with E-state index in [2.05, 4.69) is 48.1 Å². The lowest BCUT2D eigenvalue weighted by Crippen LogP contribution is -2.33. The van der Waals surface area contributed by atoms with Gasteiger partial charge in [0.1, 0.15) is 11.3 Å². The Morgan fingerprint density at radius 2 is 1.93 bits per heavy atom. The molecule has 28 heavy (non-hydrogen) atoms. The molecule has 2 aromatic heterocycles. The van der Waals surface area contributed by atoms with Crippen molar-refractivity contribution in [3.8, 4) is 0 Å². The maximum atomic E-state index is 13.2. The molecule has 2 fully saturated rings. The highest BCUT2D eigenvalue weighted by Crippen LogP contribution is 2.45. The van der Waals surface area contributed by atoms with Crippen molar-refractivity contribution in [1.82, 2.24) is 19.2 Å². The van der Waals surface area contributed by atoms with Gasteiger partial charge in [0.05, 0.1) is 0 Å². The van der Waals surface area contributed by atoms with E-state index in [1.54, 1.807) is 0 Å². The molecule has 2 saturated heterocycles. The number of carbonyl (C=O) groups excluding carboxylic acids is 1. The average Bonchev–Trinajstić information content (AvgIpc) is 3.34. The van der Waals surface area contributed by atoms with Gasteiger partial charge in [-0.1, -0.05) is 24.3 Å². The van der Waals surface area contributed by atoms with Crippen molar-refractivity contribution in [3.05, 3.63) is 71.2 Å². The number of pyridine rings is 1. The molecule has 0 bridgehead atoms.